The van der Waals surface area contributed by atoms with Crippen LogP contribution in [0.1, 0.15) is 114 Å². The number of nitrogens with zero attached hydrogens (tertiary/aromatic N) is 2. The molecule has 10 nitrogen and oxygen atoms in total. The third-order valence-corrected chi connectivity index (χ3v) is 8.51. The molecule has 5 aromatic rings. The maximum atomic E-state index is 12.9. The molecule has 294 valence electrons. The Kier molecular flexibility index (Phi) is 15.3. The van der Waals surface area contributed by atoms with Crippen LogP contribution in [0.4, 0.5) is 0 Å². The van der Waals surface area contributed by atoms with Crippen LogP contribution in [0, 0.1) is 0 Å². The monoisotopic (exact) mass is 776 g/mol. The highest BCUT2D eigenvalue weighted by atomic mass is 16.5. The van der Waals surface area contributed by atoms with E-state index < -0.39 is 23.9 Å². The highest BCUT2D eigenvalue weighted by Crippen LogP contribution is 2.24. The summed E-state index contributed by atoms with van der Waals surface area (Å²) in [5, 5.41) is 0. The molecular weight excluding hydrogens is 733 g/mol. The van der Waals surface area contributed by atoms with Crippen LogP contribution in [0.5, 0.6) is 0 Å². The molecule has 10 heteroatoms. The van der Waals surface area contributed by atoms with E-state index in [1.807, 2.05) is 24.3 Å². The van der Waals surface area contributed by atoms with Crippen molar-refractivity contribution in [2.45, 2.75) is 27.7 Å². The molecule has 0 N–H and O–H groups in total. The van der Waals surface area contributed by atoms with Crippen molar-refractivity contribution < 1.29 is 38.1 Å². The number of benzene rings is 4. The van der Waals surface area contributed by atoms with E-state index in [1.54, 1.807) is 149 Å². The van der Waals surface area contributed by atoms with Gasteiger partial charge in [0.05, 0.1) is 71.5 Å². The summed E-state index contributed by atoms with van der Waals surface area (Å²) in [5.74, 6) is -1.84. The minimum atomic E-state index is -0.461. The van der Waals surface area contributed by atoms with Crippen LogP contribution < -0.4 is 0 Å². The van der Waals surface area contributed by atoms with E-state index in [0.717, 1.165) is 0 Å². The highest BCUT2D eigenvalue weighted by Gasteiger charge is 2.16. The van der Waals surface area contributed by atoms with Crippen LogP contribution in [0.3, 0.4) is 0 Å². The quantitative estimate of drug-likeness (QED) is 0.0705. The molecule has 0 unspecified atom stereocenters. The Balaban J connectivity index is 1.73. The standard InChI is InChI=1S/C48H44N2O8/c1-5-55-45(51)37-21-13-9-17-33(37)25-29-41-42(30-26-34-18-10-14-22-38(34)46(52)56-6-2)50-44(32-28-36-20-12-16-24-40(36)48(54)58-8-4)43(49-41)31-27-35-19-11-15-23-39(35)47(53)57-7-3/h9-32H,5-8H2,1-4H3/b29-25+,30-26+,31-27+,32-28+. The Morgan fingerprint density at radius 3 is 0.776 bits per heavy atom. The number of hydrogen-bond acceptors (Lipinski definition) is 10. The van der Waals surface area contributed by atoms with Crippen LogP contribution in [0.15, 0.2) is 97.1 Å². The van der Waals surface area contributed by atoms with E-state index in [0.29, 0.717) is 67.3 Å². The van der Waals surface area contributed by atoms with Crippen molar-refractivity contribution in [1.82, 2.24) is 9.97 Å². The lowest BCUT2D eigenvalue weighted by Gasteiger charge is -2.10. The third kappa shape index (κ3) is 11.0. The van der Waals surface area contributed by atoms with E-state index in [-0.39, 0.29) is 26.4 Å². The van der Waals surface area contributed by atoms with Crippen LogP contribution in [0.2, 0.25) is 0 Å². The van der Waals surface area contributed by atoms with Gasteiger partial charge in [0.25, 0.3) is 0 Å². The summed E-state index contributed by atoms with van der Waals surface area (Å²) in [6.07, 6.45) is 14.0. The molecule has 0 atom stereocenters. The molecule has 0 bridgehead atoms. The van der Waals surface area contributed by atoms with Crippen molar-refractivity contribution in [3.05, 3.63) is 164 Å². The second-order valence-electron chi connectivity index (χ2n) is 12.3. The number of carbonyl (C=O) groups is 4. The van der Waals surface area contributed by atoms with Gasteiger partial charge in [-0.3, -0.25) is 0 Å². The minimum Gasteiger partial charge on any atom is -0.462 e. The first-order chi connectivity index (χ1) is 28.3. The van der Waals surface area contributed by atoms with Crippen LogP contribution in [-0.2, 0) is 18.9 Å². The Labute approximate surface area is 338 Å². The van der Waals surface area contributed by atoms with Gasteiger partial charge < -0.3 is 18.9 Å². The Morgan fingerprint density at radius 2 is 0.569 bits per heavy atom. The van der Waals surface area contributed by atoms with Crippen molar-refractivity contribution in [1.29, 1.82) is 0 Å². The average molecular weight is 777 g/mol. The van der Waals surface area contributed by atoms with E-state index in [2.05, 4.69) is 0 Å². The first-order valence-corrected chi connectivity index (χ1v) is 19.0. The molecule has 0 spiro atoms. The number of carbonyl (C=O) groups excluding carboxylic acids is 4. The molecule has 0 fully saturated rings. The second kappa shape index (κ2) is 21.2. The summed E-state index contributed by atoms with van der Waals surface area (Å²) >= 11 is 0. The minimum absolute atomic E-state index is 0.221. The molecule has 0 aliphatic carbocycles. The predicted octanol–water partition coefficient (Wildman–Crippen LogP) is 9.86. The van der Waals surface area contributed by atoms with Crippen molar-refractivity contribution >= 4 is 72.5 Å². The van der Waals surface area contributed by atoms with Gasteiger partial charge in [0, 0.05) is 0 Å². The number of aromatic nitrogens is 2. The van der Waals surface area contributed by atoms with Crippen LogP contribution >= 0.6 is 0 Å². The molecule has 58 heavy (non-hydrogen) atoms. The molecule has 0 amide bonds. The van der Waals surface area contributed by atoms with Gasteiger partial charge >= 0.3 is 23.9 Å². The van der Waals surface area contributed by atoms with Gasteiger partial charge in [0.15, 0.2) is 0 Å². The second-order valence-corrected chi connectivity index (χ2v) is 12.3. The maximum absolute atomic E-state index is 12.9. The summed E-state index contributed by atoms with van der Waals surface area (Å²) in [6.45, 7) is 7.87. The molecular formula is C48H44N2O8. The summed E-state index contributed by atoms with van der Waals surface area (Å²) in [5.41, 5.74) is 5.61. The lowest BCUT2D eigenvalue weighted by atomic mass is 10.0. The number of ether oxygens (including phenoxy) is 4. The first-order valence-electron chi connectivity index (χ1n) is 19.0. The summed E-state index contributed by atoms with van der Waals surface area (Å²) in [6, 6.07) is 28.3. The summed E-state index contributed by atoms with van der Waals surface area (Å²) in [4.78, 5) is 61.5. The topological polar surface area (TPSA) is 131 Å². The molecule has 1 aromatic heterocycles. The summed E-state index contributed by atoms with van der Waals surface area (Å²) in [7, 11) is 0. The van der Waals surface area contributed by atoms with Gasteiger partial charge in [0.2, 0.25) is 0 Å². The zero-order valence-electron chi connectivity index (χ0n) is 32.8. The molecule has 4 aromatic carbocycles. The maximum Gasteiger partial charge on any atom is 0.338 e. The number of esters is 4. The van der Waals surface area contributed by atoms with Gasteiger partial charge in [-0.05, 0) is 98.5 Å². The highest BCUT2D eigenvalue weighted by molar-refractivity contribution is 5.98. The third-order valence-electron chi connectivity index (χ3n) is 8.51. The fourth-order valence-electron chi connectivity index (χ4n) is 5.80. The van der Waals surface area contributed by atoms with Crippen molar-refractivity contribution in [2.75, 3.05) is 26.4 Å². The molecule has 5 rings (SSSR count). The SMILES string of the molecule is CCOC(=O)c1ccccc1/C=C/c1nc(/C=C/c2ccccc2C(=O)OCC)c(/C=C/c2ccccc2C(=O)OCC)nc1/C=C/c1ccccc1C(=O)OCC. The van der Waals surface area contributed by atoms with Gasteiger partial charge in [0.1, 0.15) is 0 Å². The number of rotatable bonds is 16. The van der Waals surface area contributed by atoms with E-state index in [4.69, 9.17) is 28.9 Å². The average Bonchev–Trinajstić information content (AvgIpc) is 3.24. The molecule has 1 heterocycles. The van der Waals surface area contributed by atoms with Crippen LogP contribution in [-0.4, -0.2) is 60.3 Å². The molecule has 0 saturated heterocycles. The predicted molar refractivity (Wildman–Crippen MR) is 227 cm³/mol. The van der Waals surface area contributed by atoms with E-state index >= 15 is 0 Å². The summed E-state index contributed by atoms with van der Waals surface area (Å²) < 4.78 is 21.2. The molecule has 0 radical (unpaired) electrons. The molecule has 0 aliphatic rings. The van der Waals surface area contributed by atoms with Gasteiger partial charge in [-0.2, -0.15) is 0 Å². The Bertz CT molecular complexity index is 2060. The lowest BCUT2D eigenvalue weighted by Crippen LogP contribution is -2.07. The zero-order valence-corrected chi connectivity index (χ0v) is 32.8. The number of hydrogen-bond donors (Lipinski definition) is 0. The largest absolute Gasteiger partial charge is 0.462 e. The smallest absolute Gasteiger partial charge is 0.338 e. The lowest BCUT2D eigenvalue weighted by molar-refractivity contribution is 0.0516. The van der Waals surface area contributed by atoms with Crippen molar-refractivity contribution in [3.63, 3.8) is 0 Å². The molecule has 0 saturated carbocycles. The molecule has 0 aliphatic heterocycles. The van der Waals surface area contributed by atoms with Gasteiger partial charge in [-0.15, -0.1) is 0 Å². The van der Waals surface area contributed by atoms with Crippen molar-refractivity contribution in [3.8, 4) is 0 Å². The van der Waals surface area contributed by atoms with Crippen molar-refractivity contribution in [2.24, 2.45) is 0 Å². The van der Waals surface area contributed by atoms with Crippen LogP contribution in [0.25, 0.3) is 48.6 Å². The van der Waals surface area contributed by atoms with Gasteiger partial charge in [-0.25, -0.2) is 29.1 Å². The fraction of sp³-hybridized carbons (Fsp3) is 0.167. The van der Waals surface area contributed by atoms with Gasteiger partial charge in [-0.1, -0.05) is 97.1 Å². The first kappa shape index (κ1) is 42.0. The normalized spacial score (nSPS) is 11.4. The fourth-order valence-corrected chi connectivity index (χ4v) is 5.80. The van der Waals surface area contributed by atoms with E-state index in [9.17, 15) is 19.2 Å². The van der Waals surface area contributed by atoms with E-state index in [1.165, 1.54) is 0 Å². The Hall–Kier alpha value is -7.20. The Morgan fingerprint density at radius 1 is 0.362 bits per heavy atom. The zero-order chi connectivity index (χ0) is 41.3.